The summed E-state index contributed by atoms with van der Waals surface area (Å²) in [5.41, 5.74) is 10.1. The van der Waals surface area contributed by atoms with Gasteiger partial charge in [0.05, 0.1) is 11.4 Å². The molecule has 5 rings (SSSR count). The van der Waals surface area contributed by atoms with Gasteiger partial charge in [-0.25, -0.2) is 0 Å². The van der Waals surface area contributed by atoms with Crippen LogP contribution in [0.15, 0.2) is 54.3 Å². The number of fused-ring (bicyclic) bond motifs is 2. The van der Waals surface area contributed by atoms with Gasteiger partial charge < -0.3 is 5.32 Å². The number of hydrogen-bond acceptors (Lipinski definition) is 3. The van der Waals surface area contributed by atoms with Crippen molar-refractivity contribution in [2.75, 3.05) is 11.9 Å². The number of aryl methyl sites for hydroxylation is 1. The lowest BCUT2D eigenvalue weighted by Crippen LogP contribution is -2.14. The molecule has 0 fully saturated rings. The van der Waals surface area contributed by atoms with E-state index >= 15 is 0 Å². The Morgan fingerprint density at radius 3 is 3.00 bits per heavy atom. The summed E-state index contributed by atoms with van der Waals surface area (Å²) in [7, 11) is 0. The highest BCUT2D eigenvalue weighted by Gasteiger charge is 2.26. The number of ketones is 1. The zero-order valence-electron chi connectivity index (χ0n) is 15.5. The quantitative estimate of drug-likeness (QED) is 0.787. The number of carbonyl (C=O) groups excluding carboxylic acids is 1. The Morgan fingerprint density at radius 2 is 2.15 bits per heavy atom. The Labute approximate surface area is 159 Å². The minimum absolute atomic E-state index is 0.219. The van der Waals surface area contributed by atoms with Gasteiger partial charge in [0.2, 0.25) is 0 Å². The third-order valence-electron chi connectivity index (χ3n) is 5.80. The van der Waals surface area contributed by atoms with Crippen LogP contribution in [-0.2, 0) is 17.6 Å². The van der Waals surface area contributed by atoms with E-state index < -0.39 is 0 Å². The summed E-state index contributed by atoms with van der Waals surface area (Å²) < 4.78 is 0. The maximum Gasteiger partial charge on any atom is 0.167 e. The number of Topliss-reactive ketones (excluding diaryl/α,β-unsaturated/α-hetero) is 1. The van der Waals surface area contributed by atoms with Crippen molar-refractivity contribution in [2.45, 2.75) is 32.6 Å². The molecule has 0 bridgehead atoms. The topological polar surface area (TPSA) is 42.0 Å². The van der Waals surface area contributed by atoms with Crippen LogP contribution in [0.5, 0.6) is 0 Å². The number of hydrogen-bond donors (Lipinski definition) is 1. The second-order valence-corrected chi connectivity index (χ2v) is 7.55. The summed E-state index contributed by atoms with van der Waals surface area (Å²) in [6.07, 6.45) is 13.9. The van der Waals surface area contributed by atoms with Gasteiger partial charge in [0, 0.05) is 30.3 Å². The fraction of sp³-hybridized carbons (Fsp3) is 0.250. The number of aromatic nitrogens is 1. The molecule has 3 heteroatoms. The minimum Gasteiger partial charge on any atom is -0.383 e. The van der Waals surface area contributed by atoms with Gasteiger partial charge in [0.1, 0.15) is 0 Å². The van der Waals surface area contributed by atoms with Crippen LogP contribution in [0.4, 0.5) is 5.69 Å². The monoisotopic (exact) mass is 354 g/mol. The highest BCUT2D eigenvalue weighted by atomic mass is 16.1. The molecule has 0 spiro atoms. The van der Waals surface area contributed by atoms with Crippen LogP contribution in [0.3, 0.4) is 0 Å². The molecular weight excluding hydrogens is 332 g/mol. The van der Waals surface area contributed by atoms with Crippen molar-refractivity contribution >= 4 is 17.0 Å². The van der Waals surface area contributed by atoms with E-state index in [0.717, 1.165) is 53.6 Å². The van der Waals surface area contributed by atoms with E-state index in [2.05, 4.69) is 54.7 Å². The molecule has 0 unspecified atom stereocenters. The van der Waals surface area contributed by atoms with Crippen molar-refractivity contribution in [2.24, 2.45) is 0 Å². The number of benzene rings is 1. The average molecular weight is 354 g/mol. The molecule has 0 saturated carbocycles. The maximum absolute atomic E-state index is 12.6. The van der Waals surface area contributed by atoms with E-state index in [-0.39, 0.29) is 5.78 Å². The number of carbonyl (C=O) groups is 1. The van der Waals surface area contributed by atoms with Gasteiger partial charge in [-0.1, -0.05) is 30.4 Å². The van der Waals surface area contributed by atoms with Gasteiger partial charge >= 0.3 is 0 Å². The first-order chi connectivity index (χ1) is 13.2. The van der Waals surface area contributed by atoms with Crippen LogP contribution in [0, 0.1) is 6.92 Å². The standard InChI is InChI=1S/C24H22N2O/c1-15-21(14-26-22-7-4-10-25-24(15)22)17-8-9-18-13-23(27)20(19(18)12-17)11-16-5-2-3-6-16/h2-3,5,8-9,11-12,14,25H,4,6-7,10,13H2,1H3/b20-11-. The molecule has 1 N–H and O–H groups in total. The van der Waals surface area contributed by atoms with E-state index in [1.54, 1.807) is 0 Å². The van der Waals surface area contributed by atoms with Gasteiger partial charge in [-0.15, -0.1) is 0 Å². The minimum atomic E-state index is 0.219. The number of nitrogens with one attached hydrogen (secondary N) is 1. The zero-order valence-corrected chi connectivity index (χ0v) is 15.5. The second kappa shape index (κ2) is 6.34. The first kappa shape index (κ1) is 16.2. The maximum atomic E-state index is 12.6. The summed E-state index contributed by atoms with van der Waals surface area (Å²) in [5.74, 6) is 0.219. The van der Waals surface area contributed by atoms with Gasteiger partial charge in [-0.3, -0.25) is 9.78 Å². The summed E-state index contributed by atoms with van der Waals surface area (Å²) in [6, 6.07) is 6.41. The fourth-order valence-electron chi connectivity index (χ4n) is 4.32. The van der Waals surface area contributed by atoms with Crippen molar-refractivity contribution in [1.29, 1.82) is 0 Å². The first-order valence-electron chi connectivity index (χ1n) is 9.67. The number of nitrogens with zero attached hydrogens (tertiary/aromatic N) is 1. The van der Waals surface area contributed by atoms with E-state index in [1.165, 1.54) is 22.5 Å². The fourth-order valence-corrected chi connectivity index (χ4v) is 4.32. The van der Waals surface area contributed by atoms with Crippen LogP contribution < -0.4 is 5.32 Å². The van der Waals surface area contributed by atoms with Gasteiger partial charge in [-0.2, -0.15) is 0 Å². The van der Waals surface area contributed by atoms with Gasteiger partial charge in [-0.05, 0) is 66.2 Å². The summed E-state index contributed by atoms with van der Waals surface area (Å²) in [4.78, 5) is 17.3. The van der Waals surface area contributed by atoms with Gasteiger partial charge in [0.25, 0.3) is 0 Å². The largest absolute Gasteiger partial charge is 0.383 e. The van der Waals surface area contributed by atoms with E-state index in [4.69, 9.17) is 4.98 Å². The van der Waals surface area contributed by atoms with Gasteiger partial charge in [0.15, 0.2) is 5.78 Å². The van der Waals surface area contributed by atoms with Crippen LogP contribution in [0.2, 0.25) is 0 Å². The molecule has 0 atom stereocenters. The van der Waals surface area contributed by atoms with Crippen LogP contribution in [-0.4, -0.2) is 17.3 Å². The third kappa shape index (κ3) is 2.74. The molecule has 0 saturated heterocycles. The molecule has 2 heterocycles. The van der Waals surface area contributed by atoms with E-state index in [9.17, 15) is 4.79 Å². The molecule has 3 aliphatic rings. The lowest BCUT2D eigenvalue weighted by Gasteiger charge is -2.21. The SMILES string of the molecule is Cc1c(-c2ccc3c(c2)/C(=C/C2=CC=CC2)C(=O)C3)cnc2c1NCCC2. The molecule has 0 radical (unpaired) electrons. The molecule has 3 nitrogen and oxygen atoms in total. The van der Waals surface area contributed by atoms with E-state index in [0.29, 0.717) is 6.42 Å². The Balaban J connectivity index is 1.59. The van der Waals surface area contributed by atoms with Crippen LogP contribution in [0.1, 0.15) is 35.2 Å². The van der Waals surface area contributed by atoms with Crippen molar-refractivity contribution in [3.8, 4) is 11.1 Å². The lowest BCUT2D eigenvalue weighted by molar-refractivity contribution is -0.112. The molecule has 1 aliphatic heterocycles. The number of allylic oxidation sites excluding steroid dienone is 6. The normalized spacial score (nSPS) is 19.1. The summed E-state index contributed by atoms with van der Waals surface area (Å²) in [5, 5.41) is 3.52. The highest BCUT2D eigenvalue weighted by Crippen LogP contribution is 2.37. The Morgan fingerprint density at radius 1 is 1.22 bits per heavy atom. The lowest BCUT2D eigenvalue weighted by atomic mass is 9.94. The Kier molecular flexibility index (Phi) is 3.82. The molecule has 2 aromatic rings. The number of rotatable bonds is 2. The smallest absolute Gasteiger partial charge is 0.167 e. The van der Waals surface area contributed by atoms with Crippen molar-refractivity contribution in [1.82, 2.24) is 4.98 Å². The van der Waals surface area contributed by atoms with Crippen molar-refractivity contribution < 1.29 is 4.79 Å². The van der Waals surface area contributed by atoms with Crippen LogP contribution in [0.25, 0.3) is 16.7 Å². The molecule has 134 valence electrons. The Hall–Kier alpha value is -2.94. The van der Waals surface area contributed by atoms with Crippen LogP contribution >= 0.6 is 0 Å². The predicted molar refractivity (Wildman–Crippen MR) is 110 cm³/mol. The molecular formula is C24H22N2O. The highest BCUT2D eigenvalue weighted by molar-refractivity contribution is 6.26. The molecule has 0 amide bonds. The average Bonchev–Trinajstić information content (AvgIpc) is 3.31. The Bertz CT molecular complexity index is 1060. The first-order valence-corrected chi connectivity index (χ1v) is 9.67. The molecule has 1 aromatic heterocycles. The third-order valence-corrected chi connectivity index (χ3v) is 5.80. The molecule has 27 heavy (non-hydrogen) atoms. The summed E-state index contributed by atoms with van der Waals surface area (Å²) >= 11 is 0. The van der Waals surface area contributed by atoms with Crippen molar-refractivity contribution in [3.63, 3.8) is 0 Å². The van der Waals surface area contributed by atoms with Crippen molar-refractivity contribution in [3.05, 3.63) is 76.7 Å². The second-order valence-electron chi connectivity index (χ2n) is 7.55. The summed E-state index contributed by atoms with van der Waals surface area (Å²) in [6.45, 7) is 3.17. The predicted octanol–water partition coefficient (Wildman–Crippen LogP) is 4.81. The number of pyridine rings is 1. The molecule has 1 aromatic carbocycles. The molecule has 2 aliphatic carbocycles. The van der Waals surface area contributed by atoms with E-state index in [1.807, 2.05) is 6.20 Å². The number of anilines is 1. The zero-order chi connectivity index (χ0) is 18.4.